The molecule has 0 N–H and O–H groups in total. The lowest BCUT2D eigenvalue weighted by atomic mass is 9.71. The van der Waals surface area contributed by atoms with Crippen molar-refractivity contribution in [1.82, 2.24) is 0 Å². The quantitative estimate of drug-likeness (QED) is 0.480. The molecule has 1 fully saturated rings. The highest BCUT2D eigenvalue weighted by Crippen LogP contribution is 2.33. The summed E-state index contributed by atoms with van der Waals surface area (Å²) in [6.45, 7) is 1.69. The van der Waals surface area contributed by atoms with Crippen molar-refractivity contribution in [1.29, 1.82) is 0 Å². The summed E-state index contributed by atoms with van der Waals surface area (Å²) in [7, 11) is 0. The Morgan fingerprint density at radius 1 is 1.15 bits per heavy atom. The smallest absolute Gasteiger partial charge is 0.185 e. The normalized spacial score (nSPS) is 18.4. The second-order valence-corrected chi connectivity index (χ2v) is 5.37. The fourth-order valence-electron chi connectivity index (χ4n) is 2.44. The lowest BCUT2D eigenvalue weighted by Gasteiger charge is -2.29. The van der Waals surface area contributed by atoms with Crippen LogP contribution in [0.4, 0.5) is 0 Å². The van der Waals surface area contributed by atoms with E-state index in [1.165, 1.54) is 6.08 Å². The molecule has 0 aliphatic heterocycles. The first kappa shape index (κ1) is 14.4. The number of allylic oxidation sites excluding steroid dienone is 2. The Balaban J connectivity index is 2.04. The maximum atomic E-state index is 11.9. The third kappa shape index (κ3) is 2.93. The van der Waals surface area contributed by atoms with Crippen LogP contribution >= 0.6 is 0 Å². The number of hydrogen-bond donors (Lipinski definition) is 0. The standard InChI is InChI=1S/C17H18O3/c1-17(15(19)10-5-11-16(17)20)12-6-9-14(18)13-7-3-2-4-8-13/h2-4,6-9H,5,10-12H2,1H3/b9-6+. The van der Waals surface area contributed by atoms with Gasteiger partial charge in [-0.15, -0.1) is 0 Å². The van der Waals surface area contributed by atoms with Crippen molar-refractivity contribution in [2.75, 3.05) is 0 Å². The van der Waals surface area contributed by atoms with Gasteiger partial charge in [-0.25, -0.2) is 0 Å². The molecule has 1 aromatic rings. The summed E-state index contributed by atoms with van der Waals surface area (Å²) in [5, 5.41) is 0. The van der Waals surface area contributed by atoms with Crippen molar-refractivity contribution < 1.29 is 14.4 Å². The van der Waals surface area contributed by atoms with Crippen LogP contribution in [0.25, 0.3) is 0 Å². The molecule has 20 heavy (non-hydrogen) atoms. The lowest BCUT2D eigenvalue weighted by Crippen LogP contribution is -2.39. The highest BCUT2D eigenvalue weighted by Gasteiger charge is 2.41. The van der Waals surface area contributed by atoms with Gasteiger partial charge in [0.15, 0.2) is 5.78 Å². The summed E-state index contributed by atoms with van der Waals surface area (Å²) in [5.41, 5.74) is -0.332. The lowest BCUT2D eigenvalue weighted by molar-refractivity contribution is -0.142. The zero-order valence-electron chi connectivity index (χ0n) is 11.6. The number of hydrogen-bond acceptors (Lipinski definition) is 3. The number of ketones is 3. The zero-order valence-corrected chi connectivity index (χ0v) is 11.6. The molecule has 0 amide bonds. The van der Waals surface area contributed by atoms with Crippen LogP contribution in [0, 0.1) is 5.41 Å². The summed E-state index contributed by atoms with van der Waals surface area (Å²) in [4.78, 5) is 35.8. The Labute approximate surface area is 118 Å². The van der Waals surface area contributed by atoms with E-state index in [0.717, 1.165) is 0 Å². The number of benzene rings is 1. The first-order chi connectivity index (χ1) is 9.54. The van der Waals surface area contributed by atoms with Crippen LogP contribution in [0.15, 0.2) is 42.5 Å². The van der Waals surface area contributed by atoms with Gasteiger partial charge in [-0.3, -0.25) is 14.4 Å². The topological polar surface area (TPSA) is 51.2 Å². The van der Waals surface area contributed by atoms with Crippen LogP contribution in [0.5, 0.6) is 0 Å². The summed E-state index contributed by atoms with van der Waals surface area (Å²) in [5.74, 6) is -0.124. The van der Waals surface area contributed by atoms with Crippen LogP contribution in [-0.2, 0) is 9.59 Å². The first-order valence-corrected chi connectivity index (χ1v) is 6.86. The molecule has 0 atom stereocenters. The van der Waals surface area contributed by atoms with Crippen molar-refractivity contribution >= 4 is 17.3 Å². The van der Waals surface area contributed by atoms with Crippen LogP contribution in [0.2, 0.25) is 0 Å². The van der Waals surface area contributed by atoms with Gasteiger partial charge in [-0.05, 0) is 25.8 Å². The van der Waals surface area contributed by atoms with Gasteiger partial charge in [0.25, 0.3) is 0 Å². The second-order valence-electron chi connectivity index (χ2n) is 5.37. The van der Waals surface area contributed by atoms with E-state index >= 15 is 0 Å². The van der Waals surface area contributed by atoms with Crippen molar-refractivity contribution in [2.45, 2.75) is 32.6 Å². The van der Waals surface area contributed by atoms with Crippen LogP contribution < -0.4 is 0 Å². The number of rotatable bonds is 4. The summed E-state index contributed by atoms with van der Waals surface area (Å²) >= 11 is 0. The molecule has 0 saturated heterocycles. The molecule has 3 heteroatoms. The van der Waals surface area contributed by atoms with E-state index in [0.29, 0.717) is 31.2 Å². The van der Waals surface area contributed by atoms with E-state index < -0.39 is 5.41 Å². The van der Waals surface area contributed by atoms with E-state index in [4.69, 9.17) is 0 Å². The Hall–Kier alpha value is -2.03. The molecule has 0 spiro atoms. The average Bonchev–Trinajstić information content (AvgIpc) is 2.46. The highest BCUT2D eigenvalue weighted by molar-refractivity contribution is 6.09. The van der Waals surface area contributed by atoms with Gasteiger partial charge in [0.05, 0.1) is 5.41 Å². The van der Waals surface area contributed by atoms with E-state index in [-0.39, 0.29) is 17.3 Å². The van der Waals surface area contributed by atoms with Crippen LogP contribution in [0.1, 0.15) is 43.0 Å². The molecule has 104 valence electrons. The summed E-state index contributed by atoms with van der Waals surface area (Å²) in [6.07, 6.45) is 4.99. The van der Waals surface area contributed by atoms with Gasteiger partial charge in [-0.1, -0.05) is 36.4 Å². The molecule has 0 heterocycles. The minimum atomic E-state index is -0.939. The Kier molecular flexibility index (Phi) is 4.28. The van der Waals surface area contributed by atoms with Crippen molar-refractivity contribution in [3.63, 3.8) is 0 Å². The molecule has 1 saturated carbocycles. The second kappa shape index (κ2) is 5.95. The molecule has 0 bridgehead atoms. The highest BCUT2D eigenvalue weighted by atomic mass is 16.2. The third-order valence-corrected chi connectivity index (χ3v) is 3.89. The Morgan fingerprint density at radius 2 is 1.75 bits per heavy atom. The third-order valence-electron chi connectivity index (χ3n) is 3.89. The maximum Gasteiger partial charge on any atom is 0.185 e. The maximum absolute atomic E-state index is 11.9. The van der Waals surface area contributed by atoms with Crippen LogP contribution in [-0.4, -0.2) is 17.3 Å². The van der Waals surface area contributed by atoms with E-state index in [2.05, 4.69) is 0 Å². The van der Waals surface area contributed by atoms with Gasteiger partial charge in [0, 0.05) is 18.4 Å². The molecular weight excluding hydrogens is 252 g/mol. The fourth-order valence-corrected chi connectivity index (χ4v) is 2.44. The van der Waals surface area contributed by atoms with Gasteiger partial charge >= 0.3 is 0 Å². The number of carbonyl (C=O) groups excluding carboxylic acids is 3. The minimum Gasteiger partial charge on any atom is -0.299 e. The fraction of sp³-hybridized carbons (Fsp3) is 0.353. The van der Waals surface area contributed by atoms with Gasteiger partial charge in [0.1, 0.15) is 11.6 Å². The molecule has 1 aliphatic rings. The molecule has 3 nitrogen and oxygen atoms in total. The SMILES string of the molecule is CC1(C/C=C/C(=O)c2ccccc2)C(=O)CCCC1=O. The monoisotopic (exact) mass is 270 g/mol. The molecule has 0 radical (unpaired) electrons. The number of Topliss-reactive ketones (excluding diaryl/α,β-unsaturated/α-hetero) is 2. The van der Waals surface area contributed by atoms with Crippen LogP contribution in [0.3, 0.4) is 0 Å². The Morgan fingerprint density at radius 3 is 2.35 bits per heavy atom. The molecule has 0 unspecified atom stereocenters. The average molecular weight is 270 g/mol. The van der Waals surface area contributed by atoms with Crippen molar-refractivity contribution in [3.05, 3.63) is 48.0 Å². The molecule has 1 aromatic carbocycles. The van der Waals surface area contributed by atoms with Crippen molar-refractivity contribution in [3.8, 4) is 0 Å². The molecule has 0 aromatic heterocycles. The largest absolute Gasteiger partial charge is 0.299 e. The Bertz CT molecular complexity index is 539. The molecule has 1 aliphatic carbocycles. The van der Waals surface area contributed by atoms with E-state index in [9.17, 15) is 14.4 Å². The van der Waals surface area contributed by atoms with Gasteiger partial charge < -0.3 is 0 Å². The molecule has 2 rings (SSSR count). The van der Waals surface area contributed by atoms with Crippen molar-refractivity contribution in [2.24, 2.45) is 5.41 Å². The number of carbonyl (C=O) groups is 3. The minimum absolute atomic E-state index is 0.00874. The van der Waals surface area contributed by atoms with E-state index in [1.807, 2.05) is 6.07 Å². The van der Waals surface area contributed by atoms with E-state index in [1.54, 1.807) is 37.3 Å². The predicted octanol–water partition coefficient (Wildman–Crippen LogP) is 3.14. The van der Waals surface area contributed by atoms with Gasteiger partial charge in [0.2, 0.25) is 0 Å². The molecular formula is C17H18O3. The zero-order chi connectivity index (χ0) is 14.6. The van der Waals surface area contributed by atoms with Gasteiger partial charge in [-0.2, -0.15) is 0 Å². The summed E-state index contributed by atoms with van der Waals surface area (Å²) in [6, 6.07) is 8.94. The predicted molar refractivity (Wildman–Crippen MR) is 76.5 cm³/mol. The first-order valence-electron chi connectivity index (χ1n) is 6.86. The summed E-state index contributed by atoms with van der Waals surface area (Å²) < 4.78 is 0.